The largest absolute Gasteiger partial charge is 0.462 e. The summed E-state index contributed by atoms with van der Waals surface area (Å²) in [6, 6.07) is 14.7. The van der Waals surface area contributed by atoms with E-state index in [1.54, 1.807) is 44.2 Å². The number of benzene rings is 2. The number of carbonyl (C=O) groups excluding carboxylic acids is 2. The molecular formula is C23H25N3O3. The Bertz CT molecular complexity index is 1040. The van der Waals surface area contributed by atoms with Crippen LogP contribution < -0.4 is 5.32 Å². The molecule has 3 aromatic rings. The molecule has 0 saturated carbocycles. The lowest BCUT2D eigenvalue weighted by molar-refractivity contribution is 0.0525. The third kappa shape index (κ3) is 4.71. The highest BCUT2D eigenvalue weighted by molar-refractivity contribution is 6.05. The van der Waals surface area contributed by atoms with Gasteiger partial charge in [0.25, 0.3) is 5.91 Å². The van der Waals surface area contributed by atoms with Crippen LogP contribution in [0, 0.1) is 20.8 Å². The van der Waals surface area contributed by atoms with Crippen molar-refractivity contribution in [3.05, 3.63) is 82.2 Å². The zero-order valence-corrected chi connectivity index (χ0v) is 17.2. The Kier molecular flexibility index (Phi) is 6.12. The van der Waals surface area contributed by atoms with Crippen LogP contribution in [-0.4, -0.2) is 28.3 Å². The number of hydrogen-bond acceptors (Lipinski definition) is 4. The van der Waals surface area contributed by atoms with E-state index in [2.05, 4.69) is 10.4 Å². The van der Waals surface area contributed by atoms with Crippen molar-refractivity contribution in [3.8, 4) is 0 Å². The molecular weight excluding hydrogens is 366 g/mol. The number of aryl methyl sites for hydroxylation is 2. The van der Waals surface area contributed by atoms with Gasteiger partial charge in [0.15, 0.2) is 0 Å². The second-order valence-corrected chi connectivity index (χ2v) is 6.93. The average molecular weight is 391 g/mol. The van der Waals surface area contributed by atoms with Crippen molar-refractivity contribution in [1.82, 2.24) is 9.78 Å². The molecule has 6 nitrogen and oxygen atoms in total. The van der Waals surface area contributed by atoms with E-state index in [0.29, 0.717) is 35.5 Å². The maximum absolute atomic E-state index is 12.7. The van der Waals surface area contributed by atoms with Crippen LogP contribution in [-0.2, 0) is 11.3 Å². The first-order valence-electron chi connectivity index (χ1n) is 9.57. The van der Waals surface area contributed by atoms with Crippen molar-refractivity contribution in [2.24, 2.45) is 0 Å². The highest BCUT2D eigenvalue weighted by atomic mass is 16.5. The predicted octanol–water partition coefficient (Wildman–Crippen LogP) is 4.29. The maximum atomic E-state index is 12.7. The van der Waals surface area contributed by atoms with Crippen LogP contribution in [0.5, 0.6) is 0 Å². The molecule has 0 aliphatic rings. The Morgan fingerprint density at radius 1 is 1.07 bits per heavy atom. The minimum Gasteiger partial charge on any atom is -0.462 e. The second kappa shape index (κ2) is 8.73. The van der Waals surface area contributed by atoms with Gasteiger partial charge in [-0.3, -0.25) is 9.48 Å². The molecule has 2 aromatic carbocycles. The molecule has 0 atom stereocenters. The van der Waals surface area contributed by atoms with Crippen molar-refractivity contribution in [2.75, 3.05) is 11.9 Å². The molecule has 1 heterocycles. The molecule has 0 fully saturated rings. The summed E-state index contributed by atoms with van der Waals surface area (Å²) in [5.74, 6) is -0.624. The van der Waals surface area contributed by atoms with Gasteiger partial charge in [-0.2, -0.15) is 5.10 Å². The molecule has 1 N–H and O–H groups in total. The molecule has 3 rings (SSSR count). The van der Waals surface area contributed by atoms with Crippen molar-refractivity contribution in [3.63, 3.8) is 0 Å². The van der Waals surface area contributed by atoms with Crippen LogP contribution in [0.1, 0.15) is 50.2 Å². The minimum absolute atomic E-state index is 0.230. The van der Waals surface area contributed by atoms with Gasteiger partial charge in [0.2, 0.25) is 0 Å². The van der Waals surface area contributed by atoms with Crippen LogP contribution in [0.3, 0.4) is 0 Å². The van der Waals surface area contributed by atoms with E-state index in [-0.39, 0.29) is 5.91 Å². The van der Waals surface area contributed by atoms with Gasteiger partial charge < -0.3 is 10.1 Å². The van der Waals surface area contributed by atoms with Crippen molar-refractivity contribution in [1.29, 1.82) is 0 Å². The van der Waals surface area contributed by atoms with Gasteiger partial charge >= 0.3 is 5.97 Å². The van der Waals surface area contributed by atoms with Crippen molar-refractivity contribution in [2.45, 2.75) is 34.2 Å². The third-order valence-electron chi connectivity index (χ3n) is 4.73. The van der Waals surface area contributed by atoms with Gasteiger partial charge in [-0.15, -0.1) is 0 Å². The molecule has 0 unspecified atom stereocenters. The number of nitrogens with one attached hydrogen (secondary N) is 1. The van der Waals surface area contributed by atoms with E-state index < -0.39 is 5.97 Å². The zero-order chi connectivity index (χ0) is 21.0. The van der Waals surface area contributed by atoms with E-state index in [1.165, 1.54) is 0 Å². The van der Waals surface area contributed by atoms with E-state index in [1.807, 2.05) is 36.7 Å². The standard InChI is InChI=1S/C23H25N3O3/c1-5-29-23(28)20-7-6-8-21(17(20)4)24-22(27)19-11-9-18(10-12-19)14-26-16(3)13-15(2)25-26/h6-13H,5,14H2,1-4H3,(H,24,27). The molecule has 0 saturated heterocycles. The van der Waals surface area contributed by atoms with Gasteiger partial charge in [-0.1, -0.05) is 18.2 Å². The van der Waals surface area contributed by atoms with Crippen LogP contribution >= 0.6 is 0 Å². The summed E-state index contributed by atoms with van der Waals surface area (Å²) in [6.45, 7) is 8.50. The second-order valence-electron chi connectivity index (χ2n) is 6.93. The monoisotopic (exact) mass is 391 g/mol. The van der Waals surface area contributed by atoms with E-state index in [4.69, 9.17) is 4.74 Å². The summed E-state index contributed by atoms with van der Waals surface area (Å²) in [6.07, 6.45) is 0. The fraction of sp³-hybridized carbons (Fsp3) is 0.261. The molecule has 0 spiro atoms. The van der Waals surface area contributed by atoms with Gasteiger partial charge in [0.05, 0.1) is 24.4 Å². The normalized spacial score (nSPS) is 10.6. The Labute approximate surface area is 170 Å². The first-order chi connectivity index (χ1) is 13.9. The highest BCUT2D eigenvalue weighted by Gasteiger charge is 2.15. The Morgan fingerprint density at radius 3 is 2.41 bits per heavy atom. The number of ether oxygens (including phenoxy) is 1. The minimum atomic E-state index is -0.394. The molecule has 29 heavy (non-hydrogen) atoms. The van der Waals surface area contributed by atoms with Crippen LogP contribution in [0.2, 0.25) is 0 Å². The number of amides is 1. The number of carbonyl (C=O) groups is 2. The fourth-order valence-corrected chi connectivity index (χ4v) is 3.17. The molecule has 150 valence electrons. The maximum Gasteiger partial charge on any atom is 0.338 e. The third-order valence-corrected chi connectivity index (χ3v) is 4.73. The number of aromatic nitrogens is 2. The SMILES string of the molecule is CCOC(=O)c1cccc(NC(=O)c2ccc(Cn3nc(C)cc3C)cc2)c1C. The number of rotatable bonds is 6. The topological polar surface area (TPSA) is 73.2 Å². The van der Waals surface area contributed by atoms with E-state index in [0.717, 1.165) is 17.0 Å². The molecule has 0 radical (unpaired) electrons. The average Bonchev–Trinajstić information content (AvgIpc) is 3.01. The number of hydrogen-bond donors (Lipinski definition) is 1. The van der Waals surface area contributed by atoms with Crippen molar-refractivity contribution < 1.29 is 14.3 Å². The lowest BCUT2D eigenvalue weighted by atomic mass is 10.1. The molecule has 0 aliphatic carbocycles. The summed E-state index contributed by atoms with van der Waals surface area (Å²) < 4.78 is 7.01. The lowest BCUT2D eigenvalue weighted by Gasteiger charge is -2.12. The smallest absolute Gasteiger partial charge is 0.338 e. The molecule has 1 amide bonds. The van der Waals surface area contributed by atoms with Gasteiger partial charge in [-0.25, -0.2) is 4.79 Å². The van der Waals surface area contributed by atoms with E-state index >= 15 is 0 Å². The summed E-state index contributed by atoms with van der Waals surface area (Å²) in [7, 11) is 0. The molecule has 0 aliphatic heterocycles. The molecule has 1 aromatic heterocycles. The number of anilines is 1. The Hall–Kier alpha value is -3.41. The van der Waals surface area contributed by atoms with Gasteiger partial charge in [-0.05, 0) is 69.2 Å². The lowest BCUT2D eigenvalue weighted by Crippen LogP contribution is -2.15. The number of esters is 1. The summed E-state index contributed by atoms with van der Waals surface area (Å²) in [5, 5.41) is 7.34. The first-order valence-corrected chi connectivity index (χ1v) is 9.57. The van der Waals surface area contributed by atoms with Crippen LogP contribution in [0.25, 0.3) is 0 Å². The molecule has 0 bridgehead atoms. The van der Waals surface area contributed by atoms with Gasteiger partial charge in [0, 0.05) is 16.9 Å². The van der Waals surface area contributed by atoms with Gasteiger partial charge in [0.1, 0.15) is 0 Å². The quantitative estimate of drug-likeness (QED) is 0.637. The van der Waals surface area contributed by atoms with E-state index in [9.17, 15) is 9.59 Å². The Balaban J connectivity index is 1.72. The summed E-state index contributed by atoms with van der Waals surface area (Å²) >= 11 is 0. The summed E-state index contributed by atoms with van der Waals surface area (Å²) in [5.41, 5.74) is 5.41. The van der Waals surface area contributed by atoms with Crippen molar-refractivity contribution >= 4 is 17.6 Å². The summed E-state index contributed by atoms with van der Waals surface area (Å²) in [4.78, 5) is 24.7. The number of nitrogens with zero attached hydrogens (tertiary/aromatic N) is 2. The first kappa shape index (κ1) is 20.3. The zero-order valence-electron chi connectivity index (χ0n) is 17.2. The molecule has 6 heteroatoms. The Morgan fingerprint density at radius 2 is 1.79 bits per heavy atom. The fourth-order valence-electron chi connectivity index (χ4n) is 3.17. The van der Waals surface area contributed by atoms with Crippen LogP contribution in [0.4, 0.5) is 5.69 Å². The highest BCUT2D eigenvalue weighted by Crippen LogP contribution is 2.21. The van der Waals surface area contributed by atoms with Crippen LogP contribution in [0.15, 0.2) is 48.5 Å². The predicted molar refractivity (Wildman–Crippen MR) is 112 cm³/mol.